The Kier molecular flexibility index (Phi) is 6.25. The maximum atomic E-state index is 14.2. The van der Waals surface area contributed by atoms with E-state index in [1.165, 1.54) is 40.9 Å². The molecule has 1 amide bonds. The van der Waals surface area contributed by atoms with E-state index in [-0.39, 0.29) is 60.9 Å². The Balaban J connectivity index is 1.44. The molecule has 2 aliphatic rings. The summed E-state index contributed by atoms with van der Waals surface area (Å²) >= 11 is 0. The molecule has 3 heterocycles. The molecule has 2 aromatic carbocycles. The molecule has 37 heavy (non-hydrogen) atoms. The number of hydrogen-bond donors (Lipinski definition) is 0. The van der Waals surface area contributed by atoms with Crippen molar-refractivity contribution in [1.29, 1.82) is 0 Å². The summed E-state index contributed by atoms with van der Waals surface area (Å²) in [6, 6.07) is 7.24. The van der Waals surface area contributed by atoms with E-state index in [1.54, 1.807) is 4.90 Å². The van der Waals surface area contributed by atoms with Gasteiger partial charge >= 0.3 is 0 Å². The lowest BCUT2D eigenvalue weighted by Gasteiger charge is -2.35. The van der Waals surface area contributed by atoms with Crippen molar-refractivity contribution in [1.82, 2.24) is 14.7 Å². The molecular weight excluding hydrogens is 512 g/mol. The first-order valence-corrected chi connectivity index (χ1v) is 13.4. The third-order valence-corrected chi connectivity index (χ3v) is 8.53. The van der Waals surface area contributed by atoms with Gasteiger partial charge in [0.1, 0.15) is 17.3 Å². The van der Waals surface area contributed by atoms with Crippen molar-refractivity contribution in [3.63, 3.8) is 0 Å². The molecule has 7 nitrogen and oxygen atoms in total. The quantitative estimate of drug-likeness (QED) is 0.454. The minimum Gasteiger partial charge on any atom is -0.370 e. The average Bonchev–Trinajstić information content (AvgIpc) is 3.44. The molecule has 12 heteroatoms. The fraction of sp³-hybridized carbons (Fsp3) is 0.360. The fourth-order valence-corrected chi connectivity index (χ4v) is 5.55. The number of benzene rings is 2. The van der Waals surface area contributed by atoms with Gasteiger partial charge in [0.05, 0.1) is 28.5 Å². The first-order chi connectivity index (χ1) is 17.5. The molecule has 196 valence electrons. The number of piperidine rings is 1. The smallest absolute Gasteiger partial charge is 0.256 e. The Morgan fingerprint density at radius 1 is 1.03 bits per heavy atom. The maximum absolute atomic E-state index is 14.2. The summed E-state index contributed by atoms with van der Waals surface area (Å²) in [6.45, 7) is 1.74. The van der Waals surface area contributed by atoms with Crippen LogP contribution in [0.25, 0.3) is 5.69 Å². The van der Waals surface area contributed by atoms with Crippen LogP contribution in [-0.2, 0) is 22.9 Å². The highest BCUT2D eigenvalue weighted by molar-refractivity contribution is 7.91. The number of carbonyl (C=O) groups is 1. The van der Waals surface area contributed by atoms with Gasteiger partial charge in [-0.05, 0) is 30.3 Å². The molecule has 5 rings (SSSR count). The van der Waals surface area contributed by atoms with Gasteiger partial charge in [0.15, 0.2) is 9.84 Å². The number of carbonyl (C=O) groups excluding carboxylic acids is 1. The summed E-state index contributed by atoms with van der Waals surface area (Å²) in [7, 11) is -3.62. The third-order valence-electron chi connectivity index (χ3n) is 6.79. The first kappa shape index (κ1) is 25.2. The van der Waals surface area contributed by atoms with Crippen LogP contribution >= 0.6 is 0 Å². The lowest BCUT2D eigenvalue weighted by atomic mass is 10.0. The number of anilines is 1. The highest BCUT2D eigenvalue weighted by Gasteiger charge is 2.36. The first-order valence-electron chi connectivity index (χ1n) is 11.8. The summed E-state index contributed by atoms with van der Waals surface area (Å²) in [5.41, 5.74) is 1.57. The number of halogens is 4. The molecular formula is C25H24F4N4O3S. The van der Waals surface area contributed by atoms with Gasteiger partial charge in [0, 0.05) is 56.0 Å². The predicted octanol–water partition coefficient (Wildman–Crippen LogP) is 4.34. The third kappa shape index (κ3) is 4.81. The predicted molar refractivity (Wildman–Crippen MR) is 128 cm³/mol. The minimum absolute atomic E-state index is 0.0202. The molecule has 0 radical (unpaired) electrons. The molecule has 0 bridgehead atoms. The zero-order valence-electron chi connectivity index (χ0n) is 19.9. The van der Waals surface area contributed by atoms with Crippen LogP contribution in [-0.4, -0.2) is 53.8 Å². The van der Waals surface area contributed by atoms with E-state index in [9.17, 15) is 30.8 Å². The number of amides is 1. The standard InChI is InChI=1S/C25H24F4N4O3S/c1-2-37(35,36)18-4-6-22(31-9-7-25(28,29)8-10-31)19(12-18)24(34)32-13-16-14-33(30-21(16)15-32)23-11-17(26)3-5-20(23)27/h3-6,11-12,14H,2,7-10,13,15H2,1H3. The second-order valence-electron chi connectivity index (χ2n) is 9.23. The van der Waals surface area contributed by atoms with Crippen LogP contribution < -0.4 is 4.90 Å². The lowest BCUT2D eigenvalue weighted by Crippen LogP contribution is -2.40. The number of fused-ring (bicyclic) bond motifs is 1. The highest BCUT2D eigenvalue weighted by atomic mass is 32.2. The van der Waals surface area contributed by atoms with E-state index < -0.39 is 33.3 Å². The monoisotopic (exact) mass is 536 g/mol. The van der Waals surface area contributed by atoms with E-state index in [0.29, 0.717) is 16.9 Å². The molecule has 2 aliphatic heterocycles. The van der Waals surface area contributed by atoms with E-state index in [1.807, 2.05) is 0 Å². The molecule has 1 aromatic heterocycles. The van der Waals surface area contributed by atoms with Crippen LogP contribution in [0.3, 0.4) is 0 Å². The minimum atomic E-state index is -3.62. The normalized spacial score (nSPS) is 17.2. The van der Waals surface area contributed by atoms with E-state index in [2.05, 4.69) is 5.10 Å². The molecule has 0 saturated carbocycles. The fourth-order valence-electron chi connectivity index (χ4n) is 4.65. The van der Waals surface area contributed by atoms with Gasteiger partial charge in [0.2, 0.25) is 0 Å². The van der Waals surface area contributed by atoms with E-state index in [0.717, 1.165) is 18.2 Å². The summed E-state index contributed by atoms with van der Waals surface area (Å²) in [5, 5.41) is 4.31. The molecule has 0 aliphatic carbocycles. The van der Waals surface area contributed by atoms with Gasteiger partial charge in [-0.1, -0.05) is 6.92 Å². The lowest BCUT2D eigenvalue weighted by molar-refractivity contribution is -0.0220. The van der Waals surface area contributed by atoms with Gasteiger partial charge in [-0.25, -0.2) is 30.7 Å². The molecule has 0 N–H and O–H groups in total. The Bertz CT molecular complexity index is 1460. The van der Waals surface area contributed by atoms with Gasteiger partial charge in [0.25, 0.3) is 11.8 Å². The Labute approximate surface area is 211 Å². The van der Waals surface area contributed by atoms with Crippen molar-refractivity contribution in [2.45, 2.75) is 43.7 Å². The zero-order valence-corrected chi connectivity index (χ0v) is 20.7. The number of nitrogens with zero attached hydrogens (tertiary/aromatic N) is 4. The van der Waals surface area contributed by atoms with Crippen molar-refractivity contribution in [3.8, 4) is 5.69 Å². The van der Waals surface area contributed by atoms with E-state index >= 15 is 0 Å². The van der Waals surface area contributed by atoms with Crippen molar-refractivity contribution in [2.24, 2.45) is 0 Å². The second kappa shape index (κ2) is 9.16. The van der Waals surface area contributed by atoms with Crippen molar-refractivity contribution in [3.05, 3.63) is 71.1 Å². The number of hydrogen-bond acceptors (Lipinski definition) is 5. The Morgan fingerprint density at radius 3 is 2.43 bits per heavy atom. The van der Waals surface area contributed by atoms with Gasteiger partial charge < -0.3 is 9.80 Å². The largest absolute Gasteiger partial charge is 0.370 e. The molecule has 1 fully saturated rings. The van der Waals surface area contributed by atoms with Crippen molar-refractivity contribution >= 4 is 21.4 Å². The van der Waals surface area contributed by atoms with Gasteiger partial charge in [-0.3, -0.25) is 4.79 Å². The van der Waals surface area contributed by atoms with E-state index in [4.69, 9.17) is 0 Å². The average molecular weight is 537 g/mol. The van der Waals surface area contributed by atoms with Crippen molar-refractivity contribution in [2.75, 3.05) is 23.7 Å². The molecule has 1 saturated heterocycles. The molecule has 0 spiro atoms. The molecule has 0 atom stereocenters. The number of rotatable bonds is 5. The van der Waals surface area contributed by atoms with Crippen molar-refractivity contribution < 1.29 is 30.8 Å². The number of sulfone groups is 1. The molecule has 0 unspecified atom stereocenters. The number of aromatic nitrogens is 2. The summed E-state index contributed by atoms with van der Waals surface area (Å²) in [4.78, 5) is 16.8. The van der Waals surface area contributed by atoms with Crippen LogP contribution in [0.1, 0.15) is 41.4 Å². The van der Waals surface area contributed by atoms with Crippen LogP contribution in [0, 0.1) is 11.6 Å². The van der Waals surface area contributed by atoms with Crippen LogP contribution in [0.4, 0.5) is 23.2 Å². The summed E-state index contributed by atoms with van der Waals surface area (Å²) in [5.74, 6) is -4.68. The van der Waals surface area contributed by atoms with Crippen LogP contribution in [0.15, 0.2) is 47.5 Å². The maximum Gasteiger partial charge on any atom is 0.256 e. The van der Waals surface area contributed by atoms with Crippen LogP contribution in [0.2, 0.25) is 0 Å². The summed E-state index contributed by atoms with van der Waals surface area (Å²) in [6.07, 6.45) is 0.789. The Hall–Kier alpha value is -3.41. The highest BCUT2D eigenvalue weighted by Crippen LogP contribution is 2.35. The Morgan fingerprint density at radius 2 is 1.76 bits per heavy atom. The zero-order chi connectivity index (χ0) is 26.5. The van der Waals surface area contributed by atoms with Gasteiger partial charge in [-0.2, -0.15) is 5.10 Å². The van der Waals surface area contributed by atoms with Crippen LogP contribution in [0.5, 0.6) is 0 Å². The summed E-state index contributed by atoms with van der Waals surface area (Å²) < 4.78 is 81.6. The van der Waals surface area contributed by atoms with Gasteiger partial charge in [-0.15, -0.1) is 0 Å². The SMILES string of the molecule is CCS(=O)(=O)c1ccc(N2CCC(F)(F)CC2)c(C(=O)N2Cc3cn(-c4cc(F)ccc4F)nc3C2)c1. The topological polar surface area (TPSA) is 75.5 Å². The molecule has 3 aromatic rings. The number of alkyl halides is 2. The second-order valence-corrected chi connectivity index (χ2v) is 11.5.